The molecule has 0 aliphatic carbocycles. The molecular weight excluding hydrogens is 366 g/mol. The van der Waals surface area contributed by atoms with Crippen molar-refractivity contribution in [3.63, 3.8) is 0 Å². The molecule has 0 atom stereocenters. The van der Waals surface area contributed by atoms with E-state index in [2.05, 4.69) is 0 Å². The van der Waals surface area contributed by atoms with Gasteiger partial charge in [0.1, 0.15) is 11.5 Å². The quantitative estimate of drug-likeness (QED) is 0.535. The number of aryl methyl sites for hydroxylation is 1. The molecule has 1 aliphatic heterocycles. The first-order valence-corrected chi connectivity index (χ1v) is 9.14. The number of para-hydroxylation sites is 1. The van der Waals surface area contributed by atoms with Gasteiger partial charge in [0.15, 0.2) is 0 Å². The lowest BCUT2D eigenvalue weighted by Crippen LogP contribution is -2.42. The van der Waals surface area contributed by atoms with Gasteiger partial charge in [-0.25, -0.2) is 4.90 Å². The molecule has 29 heavy (non-hydrogen) atoms. The van der Waals surface area contributed by atoms with Crippen LogP contribution in [-0.2, 0) is 4.79 Å². The average molecular weight is 385 g/mol. The lowest BCUT2D eigenvalue weighted by Gasteiger charge is -2.29. The number of carbonyl (C=O) groups excluding carboxylic acids is 2. The number of hydrogen-bond acceptors (Lipinski definition) is 4. The Balaban J connectivity index is 1.94. The van der Waals surface area contributed by atoms with Crippen LogP contribution in [-0.4, -0.2) is 24.0 Å². The second-order valence-electron chi connectivity index (χ2n) is 6.76. The molecule has 3 aromatic carbocycles. The number of anilines is 1. The van der Waals surface area contributed by atoms with Gasteiger partial charge in [0, 0.05) is 16.7 Å². The van der Waals surface area contributed by atoms with Crippen molar-refractivity contribution in [3.8, 4) is 11.5 Å². The van der Waals surface area contributed by atoms with E-state index >= 15 is 0 Å². The second kappa shape index (κ2) is 7.28. The number of amides is 2. The Morgan fingerprint density at radius 2 is 1.59 bits per heavy atom. The number of fused-ring (bicyclic) bond motifs is 1. The number of aromatic hydroxyl groups is 1. The fraction of sp³-hybridized carbons (Fsp3) is 0.0833. The molecular formula is C24H19NO4. The van der Waals surface area contributed by atoms with Crippen LogP contribution in [0.4, 0.5) is 5.69 Å². The summed E-state index contributed by atoms with van der Waals surface area (Å²) in [5, 5.41) is 10.3. The first kappa shape index (κ1) is 18.5. The van der Waals surface area contributed by atoms with E-state index in [0.29, 0.717) is 33.7 Å². The molecule has 0 unspecified atom stereocenters. The monoisotopic (exact) mass is 385 g/mol. The van der Waals surface area contributed by atoms with E-state index in [0.717, 1.165) is 5.56 Å². The van der Waals surface area contributed by atoms with Crippen LogP contribution >= 0.6 is 0 Å². The number of nitrogens with zero attached hydrogens (tertiary/aromatic N) is 1. The molecule has 0 fully saturated rings. The van der Waals surface area contributed by atoms with Gasteiger partial charge in [0.2, 0.25) is 0 Å². The summed E-state index contributed by atoms with van der Waals surface area (Å²) in [5.41, 5.74) is 3.09. The van der Waals surface area contributed by atoms with Crippen LogP contribution < -0.4 is 9.64 Å². The fourth-order valence-corrected chi connectivity index (χ4v) is 3.46. The van der Waals surface area contributed by atoms with Crippen molar-refractivity contribution in [1.29, 1.82) is 0 Å². The number of phenols is 1. The highest BCUT2D eigenvalue weighted by atomic mass is 16.5. The lowest BCUT2D eigenvalue weighted by atomic mass is 9.91. The van der Waals surface area contributed by atoms with Gasteiger partial charge in [-0.1, -0.05) is 36.4 Å². The van der Waals surface area contributed by atoms with Gasteiger partial charge in [-0.3, -0.25) is 9.59 Å². The number of imide groups is 1. The Labute approximate surface area is 168 Å². The molecule has 5 nitrogen and oxygen atoms in total. The van der Waals surface area contributed by atoms with Crippen molar-refractivity contribution in [1.82, 2.24) is 0 Å². The summed E-state index contributed by atoms with van der Waals surface area (Å²) < 4.78 is 5.23. The lowest BCUT2D eigenvalue weighted by molar-refractivity contribution is -0.112. The molecule has 0 saturated carbocycles. The van der Waals surface area contributed by atoms with Crippen LogP contribution in [0.25, 0.3) is 11.6 Å². The highest BCUT2D eigenvalue weighted by Crippen LogP contribution is 2.36. The summed E-state index contributed by atoms with van der Waals surface area (Å²) in [6, 6.07) is 19.0. The van der Waals surface area contributed by atoms with Crippen molar-refractivity contribution in [2.75, 3.05) is 12.0 Å². The summed E-state index contributed by atoms with van der Waals surface area (Å²) >= 11 is 0. The molecule has 2 amide bonds. The van der Waals surface area contributed by atoms with E-state index in [1.54, 1.807) is 54.6 Å². The molecule has 144 valence electrons. The van der Waals surface area contributed by atoms with Gasteiger partial charge in [0.05, 0.1) is 12.8 Å². The molecule has 0 aromatic heterocycles. The molecule has 1 aliphatic rings. The molecule has 3 aromatic rings. The van der Waals surface area contributed by atoms with Gasteiger partial charge in [-0.15, -0.1) is 0 Å². The summed E-state index contributed by atoms with van der Waals surface area (Å²) in [6.45, 7) is 1.85. The molecule has 4 rings (SSSR count). The van der Waals surface area contributed by atoms with E-state index in [-0.39, 0.29) is 11.7 Å². The highest BCUT2D eigenvalue weighted by Gasteiger charge is 2.36. The Morgan fingerprint density at radius 3 is 2.31 bits per heavy atom. The normalized spacial score (nSPS) is 14.8. The maximum Gasteiger partial charge on any atom is 0.265 e. The number of benzene rings is 3. The fourth-order valence-electron chi connectivity index (χ4n) is 3.46. The third-order valence-corrected chi connectivity index (χ3v) is 4.98. The first-order valence-electron chi connectivity index (χ1n) is 9.14. The van der Waals surface area contributed by atoms with Crippen molar-refractivity contribution >= 4 is 29.2 Å². The molecule has 1 heterocycles. The van der Waals surface area contributed by atoms with E-state index in [4.69, 9.17) is 4.74 Å². The molecule has 0 saturated heterocycles. The zero-order valence-corrected chi connectivity index (χ0v) is 16.0. The Kier molecular flexibility index (Phi) is 4.64. The number of hydrogen-bond donors (Lipinski definition) is 1. The van der Waals surface area contributed by atoms with Gasteiger partial charge >= 0.3 is 0 Å². The Hall–Kier alpha value is -3.86. The van der Waals surface area contributed by atoms with Gasteiger partial charge in [-0.2, -0.15) is 0 Å². The van der Waals surface area contributed by atoms with E-state index in [1.807, 2.05) is 19.1 Å². The number of phenolic OH excluding ortho intramolecular Hbond substituents is 1. The molecule has 5 heteroatoms. The maximum absolute atomic E-state index is 13.4. The van der Waals surface area contributed by atoms with Crippen molar-refractivity contribution in [2.45, 2.75) is 6.92 Å². The van der Waals surface area contributed by atoms with E-state index < -0.39 is 5.91 Å². The highest BCUT2D eigenvalue weighted by molar-refractivity contribution is 6.43. The SMILES string of the molecule is COc1ccc(O)c(/C=C2\C(=O)N(c3ccccc3C)C(=O)c3ccccc32)c1. The molecule has 1 N–H and O–H groups in total. The standard InChI is InChI=1S/C24H19NO4/c1-15-7-3-6-10-21(15)25-23(27)19-9-5-4-8-18(19)20(24(25)28)14-16-13-17(29-2)11-12-22(16)26/h3-14,26H,1-2H3/b20-14-. The number of carbonyl (C=O) groups is 2. The van der Waals surface area contributed by atoms with Crippen LogP contribution in [0.15, 0.2) is 66.7 Å². The minimum Gasteiger partial charge on any atom is -0.507 e. The predicted octanol–water partition coefficient (Wildman–Crippen LogP) is 4.44. The third-order valence-electron chi connectivity index (χ3n) is 4.98. The number of rotatable bonds is 3. The van der Waals surface area contributed by atoms with E-state index in [9.17, 15) is 14.7 Å². The average Bonchev–Trinajstić information content (AvgIpc) is 2.74. The van der Waals surface area contributed by atoms with Gasteiger partial charge in [-0.05, 0) is 54.5 Å². The number of methoxy groups -OCH3 is 1. The maximum atomic E-state index is 13.4. The first-order chi connectivity index (χ1) is 14.0. The van der Waals surface area contributed by atoms with Crippen LogP contribution in [0.3, 0.4) is 0 Å². The Bertz CT molecular complexity index is 1160. The summed E-state index contributed by atoms with van der Waals surface area (Å²) in [4.78, 5) is 27.8. The van der Waals surface area contributed by atoms with Crippen LogP contribution in [0.2, 0.25) is 0 Å². The zero-order valence-electron chi connectivity index (χ0n) is 16.0. The van der Waals surface area contributed by atoms with Crippen molar-refractivity contribution < 1.29 is 19.4 Å². The summed E-state index contributed by atoms with van der Waals surface area (Å²) in [7, 11) is 1.53. The zero-order chi connectivity index (χ0) is 20.5. The van der Waals surface area contributed by atoms with Crippen LogP contribution in [0.1, 0.15) is 27.0 Å². The van der Waals surface area contributed by atoms with E-state index in [1.165, 1.54) is 18.1 Å². The van der Waals surface area contributed by atoms with Crippen molar-refractivity contribution in [2.24, 2.45) is 0 Å². The topological polar surface area (TPSA) is 66.8 Å². The van der Waals surface area contributed by atoms with Crippen molar-refractivity contribution in [3.05, 3.63) is 89.0 Å². The summed E-state index contributed by atoms with van der Waals surface area (Å²) in [5.74, 6) is -0.238. The van der Waals surface area contributed by atoms with Crippen LogP contribution in [0.5, 0.6) is 11.5 Å². The smallest absolute Gasteiger partial charge is 0.265 e. The molecule has 0 bridgehead atoms. The van der Waals surface area contributed by atoms with Crippen LogP contribution in [0, 0.1) is 6.92 Å². The minimum atomic E-state index is -0.440. The minimum absolute atomic E-state index is 0.0166. The molecule has 0 spiro atoms. The predicted molar refractivity (Wildman–Crippen MR) is 112 cm³/mol. The third kappa shape index (κ3) is 3.17. The largest absolute Gasteiger partial charge is 0.507 e. The Morgan fingerprint density at radius 1 is 0.897 bits per heavy atom. The van der Waals surface area contributed by atoms with Gasteiger partial charge < -0.3 is 9.84 Å². The van der Waals surface area contributed by atoms with Gasteiger partial charge in [0.25, 0.3) is 11.8 Å². The number of ether oxygens (including phenoxy) is 1. The summed E-state index contributed by atoms with van der Waals surface area (Å²) in [6.07, 6.45) is 1.59. The molecule has 0 radical (unpaired) electrons. The second-order valence-corrected chi connectivity index (χ2v) is 6.76.